The van der Waals surface area contributed by atoms with Crippen LogP contribution in [0.15, 0.2) is 66.9 Å². The number of aromatic nitrogens is 1. The van der Waals surface area contributed by atoms with Gasteiger partial charge in [-0.05, 0) is 42.0 Å². The number of ketones is 1. The van der Waals surface area contributed by atoms with E-state index < -0.39 is 0 Å². The van der Waals surface area contributed by atoms with Crippen LogP contribution in [0.5, 0.6) is 11.5 Å². The van der Waals surface area contributed by atoms with Crippen molar-refractivity contribution in [1.29, 1.82) is 0 Å². The molecule has 0 unspecified atom stereocenters. The van der Waals surface area contributed by atoms with Gasteiger partial charge in [0, 0.05) is 6.20 Å². The normalized spacial score (nSPS) is 11.1. The predicted molar refractivity (Wildman–Crippen MR) is 104 cm³/mol. The summed E-state index contributed by atoms with van der Waals surface area (Å²) in [7, 11) is 3.04. The molecule has 0 aliphatic heterocycles. The predicted octanol–water partition coefficient (Wildman–Crippen LogP) is 4.20. The third kappa shape index (κ3) is 3.82. The number of allylic oxidation sites excluding steroid dienone is 1. The Kier molecular flexibility index (Phi) is 5.52. The fraction of sp³-hybridized carbons (Fsp3) is 0.0909. The average Bonchev–Trinajstić information content (AvgIpc) is 3.20. The van der Waals surface area contributed by atoms with Gasteiger partial charge < -0.3 is 14.0 Å². The molecule has 5 heteroatoms. The van der Waals surface area contributed by atoms with Crippen LogP contribution in [0.2, 0.25) is 0 Å². The molecule has 1 aromatic heterocycles. The van der Waals surface area contributed by atoms with E-state index in [2.05, 4.69) is 0 Å². The minimum Gasteiger partial charge on any atom is -0.497 e. The maximum atomic E-state index is 13.4. The van der Waals surface area contributed by atoms with Gasteiger partial charge >= 0.3 is 0 Å². The Labute approximate surface area is 157 Å². The van der Waals surface area contributed by atoms with Crippen LogP contribution in [-0.4, -0.2) is 30.9 Å². The zero-order valence-electron chi connectivity index (χ0n) is 15.1. The first-order valence-electron chi connectivity index (χ1n) is 8.34. The molecule has 0 fully saturated rings. The topological polar surface area (TPSA) is 57.5 Å². The molecule has 3 rings (SSSR count). The van der Waals surface area contributed by atoms with Crippen molar-refractivity contribution in [1.82, 2.24) is 4.57 Å². The number of benzene rings is 2. The third-order valence-corrected chi connectivity index (χ3v) is 4.15. The number of hydrogen-bond acceptors (Lipinski definition) is 4. The molecule has 0 bridgehead atoms. The van der Waals surface area contributed by atoms with E-state index in [1.165, 1.54) is 14.2 Å². The fourth-order valence-electron chi connectivity index (χ4n) is 2.79. The molecule has 136 valence electrons. The summed E-state index contributed by atoms with van der Waals surface area (Å²) in [5.74, 6) is 0.690. The summed E-state index contributed by atoms with van der Waals surface area (Å²) in [4.78, 5) is 24.8. The Balaban J connectivity index is 2.18. The highest BCUT2D eigenvalue weighted by Gasteiger charge is 2.21. The molecule has 1 heterocycles. The number of Topliss-reactive ketones (excluding diaryl/α,β-unsaturated/α-hetero) is 1. The number of carbonyl (C=O) groups is 2. The number of carbonyl (C=O) groups excluding carboxylic acids is 2. The molecular formula is C22H19NO4. The smallest absolute Gasteiger partial charge is 0.213 e. The molecule has 0 atom stereocenters. The molecule has 0 saturated heterocycles. The van der Waals surface area contributed by atoms with Crippen LogP contribution in [0.3, 0.4) is 0 Å². The van der Waals surface area contributed by atoms with Gasteiger partial charge in [0.05, 0.1) is 31.2 Å². The Morgan fingerprint density at radius 1 is 0.963 bits per heavy atom. The van der Waals surface area contributed by atoms with E-state index >= 15 is 0 Å². The van der Waals surface area contributed by atoms with E-state index in [1.807, 2.05) is 30.3 Å². The number of methoxy groups -OCH3 is 2. The molecule has 0 N–H and O–H groups in total. The Bertz CT molecular complexity index is 987. The van der Waals surface area contributed by atoms with Crippen LogP contribution < -0.4 is 9.47 Å². The number of nitrogens with zero attached hydrogens (tertiary/aromatic N) is 1. The molecule has 0 amide bonds. The van der Waals surface area contributed by atoms with E-state index in [0.717, 1.165) is 11.8 Å². The van der Waals surface area contributed by atoms with Crippen LogP contribution in [0.1, 0.15) is 26.4 Å². The highest BCUT2D eigenvalue weighted by Crippen LogP contribution is 2.29. The van der Waals surface area contributed by atoms with E-state index in [4.69, 9.17) is 9.47 Å². The second-order valence-electron chi connectivity index (χ2n) is 5.76. The minimum atomic E-state index is -0.283. The first-order chi connectivity index (χ1) is 13.2. The molecule has 5 nitrogen and oxygen atoms in total. The maximum Gasteiger partial charge on any atom is 0.213 e. The second-order valence-corrected chi connectivity index (χ2v) is 5.76. The van der Waals surface area contributed by atoms with E-state index in [-0.39, 0.29) is 5.78 Å². The number of aldehydes is 1. The quantitative estimate of drug-likeness (QED) is 0.360. The molecule has 2 aromatic carbocycles. The van der Waals surface area contributed by atoms with Crippen molar-refractivity contribution in [3.05, 3.63) is 83.7 Å². The van der Waals surface area contributed by atoms with Crippen LogP contribution in [-0.2, 0) is 0 Å². The van der Waals surface area contributed by atoms with Crippen molar-refractivity contribution >= 4 is 23.8 Å². The molecule has 3 aromatic rings. The summed E-state index contributed by atoms with van der Waals surface area (Å²) in [6.07, 6.45) is 4.15. The van der Waals surface area contributed by atoms with Crippen molar-refractivity contribution in [2.24, 2.45) is 0 Å². The molecule has 0 radical (unpaired) electrons. The maximum absolute atomic E-state index is 13.4. The van der Waals surface area contributed by atoms with Gasteiger partial charge in [0.1, 0.15) is 11.5 Å². The van der Waals surface area contributed by atoms with Gasteiger partial charge in [0.2, 0.25) is 5.78 Å². The minimum absolute atomic E-state index is 0.283. The summed E-state index contributed by atoms with van der Waals surface area (Å²) in [5, 5.41) is 0. The lowest BCUT2D eigenvalue weighted by Gasteiger charge is -2.14. The first-order valence-corrected chi connectivity index (χ1v) is 8.34. The fourth-order valence-corrected chi connectivity index (χ4v) is 2.79. The van der Waals surface area contributed by atoms with Crippen molar-refractivity contribution in [3.63, 3.8) is 0 Å². The number of hydrogen-bond donors (Lipinski definition) is 0. The van der Waals surface area contributed by atoms with Crippen LogP contribution in [0.4, 0.5) is 0 Å². The van der Waals surface area contributed by atoms with Gasteiger partial charge in [-0.2, -0.15) is 0 Å². The van der Waals surface area contributed by atoms with Gasteiger partial charge in [-0.25, -0.2) is 0 Å². The van der Waals surface area contributed by atoms with Crippen molar-refractivity contribution in [2.75, 3.05) is 14.2 Å². The van der Waals surface area contributed by atoms with Gasteiger partial charge in [-0.3, -0.25) is 9.59 Å². The van der Waals surface area contributed by atoms with Gasteiger partial charge in [0.25, 0.3) is 0 Å². The number of rotatable bonds is 7. The standard InChI is InChI=1S/C22H19NO4/c1-26-18-10-11-21(27-2)19(14-18)22(25)20(13-16-7-4-3-5-8-16)23-12-6-9-17(23)15-24/h3-15H,1-2H3/b20-13-. The van der Waals surface area contributed by atoms with E-state index in [0.29, 0.717) is 28.5 Å². The third-order valence-electron chi connectivity index (χ3n) is 4.15. The summed E-state index contributed by atoms with van der Waals surface area (Å²) in [6, 6.07) is 17.9. The second kappa shape index (κ2) is 8.19. The van der Waals surface area contributed by atoms with Gasteiger partial charge in [0.15, 0.2) is 6.29 Å². The van der Waals surface area contributed by atoms with Gasteiger partial charge in [-0.15, -0.1) is 0 Å². The highest BCUT2D eigenvalue weighted by atomic mass is 16.5. The molecular weight excluding hydrogens is 342 g/mol. The zero-order chi connectivity index (χ0) is 19.2. The summed E-state index contributed by atoms with van der Waals surface area (Å²) in [5.41, 5.74) is 1.91. The van der Waals surface area contributed by atoms with E-state index in [9.17, 15) is 9.59 Å². The largest absolute Gasteiger partial charge is 0.497 e. The summed E-state index contributed by atoms with van der Waals surface area (Å²) >= 11 is 0. The lowest BCUT2D eigenvalue weighted by Crippen LogP contribution is -2.12. The summed E-state index contributed by atoms with van der Waals surface area (Å²) < 4.78 is 12.2. The van der Waals surface area contributed by atoms with Crippen LogP contribution in [0, 0.1) is 0 Å². The Morgan fingerprint density at radius 3 is 2.41 bits per heavy atom. The first kappa shape index (κ1) is 18.2. The average molecular weight is 361 g/mol. The highest BCUT2D eigenvalue weighted by molar-refractivity contribution is 6.29. The number of ether oxygens (including phenoxy) is 2. The van der Waals surface area contributed by atoms with Crippen molar-refractivity contribution in [3.8, 4) is 11.5 Å². The Hall–Kier alpha value is -3.60. The lowest BCUT2D eigenvalue weighted by atomic mass is 10.0. The molecule has 27 heavy (non-hydrogen) atoms. The van der Waals surface area contributed by atoms with E-state index in [1.54, 1.807) is 47.2 Å². The van der Waals surface area contributed by atoms with Crippen LogP contribution in [0.25, 0.3) is 11.8 Å². The lowest BCUT2D eigenvalue weighted by molar-refractivity contribution is 0.104. The SMILES string of the molecule is COc1ccc(OC)c(C(=O)/C(=C/c2ccccc2)n2cccc2C=O)c1. The van der Waals surface area contributed by atoms with Crippen molar-refractivity contribution in [2.45, 2.75) is 0 Å². The molecule has 0 aliphatic carbocycles. The van der Waals surface area contributed by atoms with Crippen LogP contribution >= 0.6 is 0 Å². The Morgan fingerprint density at radius 2 is 1.74 bits per heavy atom. The zero-order valence-corrected chi connectivity index (χ0v) is 15.1. The summed E-state index contributed by atoms with van der Waals surface area (Å²) in [6.45, 7) is 0. The monoisotopic (exact) mass is 361 g/mol. The molecule has 0 spiro atoms. The molecule has 0 saturated carbocycles. The van der Waals surface area contributed by atoms with Crippen molar-refractivity contribution < 1.29 is 19.1 Å². The molecule has 0 aliphatic rings. The van der Waals surface area contributed by atoms with Gasteiger partial charge in [-0.1, -0.05) is 30.3 Å².